The van der Waals surface area contributed by atoms with Gasteiger partial charge in [-0.25, -0.2) is 4.79 Å². The van der Waals surface area contributed by atoms with Crippen molar-refractivity contribution in [2.24, 2.45) is 0 Å². The number of hydrogen-bond acceptors (Lipinski definition) is 5. The molecule has 0 spiro atoms. The van der Waals surface area contributed by atoms with Crippen molar-refractivity contribution in [3.05, 3.63) is 17.4 Å². The van der Waals surface area contributed by atoms with Crippen LogP contribution in [0.15, 0.2) is 6.07 Å². The molecule has 0 radical (unpaired) electrons. The number of ketones is 1. The molecule has 1 aliphatic heterocycles. The van der Waals surface area contributed by atoms with Gasteiger partial charge in [-0.3, -0.25) is 4.79 Å². The SMILES string of the molecule is COc1c(C(=O)C(=O)O)cc2c(c1F)OCCO2. The van der Waals surface area contributed by atoms with E-state index >= 15 is 0 Å². The van der Waals surface area contributed by atoms with Crippen LogP contribution in [0.5, 0.6) is 17.2 Å². The number of methoxy groups -OCH3 is 1. The summed E-state index contributed by atoms with van der Waals surface area (Å²) in [6, 6.07) is 1.10. The van der Waals surface area contributed by atoms with Crippen molar-refractivity contribution in [3.8, 4) is 17.2 Å². The summed E-state index contributed by atoms with van der Waals surface area (Å²) in [4.78, 5) is 22.1. The standard InChI is InChI=1S/C11H9FO6/c1-16-9-5(8(13)11(14)15)4-6-10(7(9)12)18-3-2-17-6/h4H,2-3H2,1H3,(H,14,15). The second-order valence-electron chi connectivity index (χ2n) is 3.43. The van der Waals surface area contributed by atoms with Crippen molar-refractivity contribution in [2.75, 3.05) is 20.3 Å². The number of carboxylic acids is 1. The largest absolute Gasteiger partial charge is 0.493 e. The molecule has 0 aromatic heterocycles. The maximum absolute atomic E-state index is 14.0. The predicted molar refractivity (Wildman–Crippen MR) is 55.9 cm³/mol. The molecule has 0 aliphatic carbocycles. The van der Waals surface area contributed by atoms with E-state index in [1.54, 1.807) is 0 Å². The van der Waals surface area contributed by atoms with Crippen LogP contribution in [0.1, 0.15) is 10.4 Å². The molecule has 7 heteroatoms. The first kappa shape index (κ1) is 12.2. The van der Waals surface area contributed by atoms with E-state index < -0.39 is 28.9 Å². The zero-order valence-electron chi connectivity index (χ0n) is 9.36. The van der Waals surface area contributed by atoms with Crippen molar-refractivity contribution in [1.29, 1.82) is 0 Å². The number of carbonyl (C=O) groups is 2. The lowest BCUT2D eigenvalue weighted by molar-refractivity contribution is -0.131. The topological polar surface area (TPSA) is 82.1 Å². The van der Waals surface area contributed by atoms with Crippen LogP contribution in [0.25, 0.3) is 0 Å². The second kappa shape index (κ2) is 4.52. The van der Waals surface area contributed by atoms with Gasteiger partial charge in [0.2, 0.25) is 11.6 Å². The van der Waals surface area contributed by atoms with Crippen LogP contribution in [-0.4, -0.2) is 37.2 Å². The highest BCUT2D eigenvalue weighted by atomic mass is 19.1. The predicted octanol–water partition coefficient (Wildman–Crippen LogP) is 0.873. The number of benzene rings is 1. The normalized spacial score (nSPS) is 13.0. The molecule has 1 aromatic rings. The van der Waals surface area contributed by atoms with Gasteiger partial charge in [0.15, 0.2) is 11.5 Å². The fourth-order valence-corrected chi connectivity index (χ4v) is 1.61. The monoisotopic (exact) mass is 256 g/mol. The number of aliphatic carboxylic acids is 1. The van der Waals surface area contributed by atoms with Gasteiger partial charge in [-0.1, -0.05) is 0 Å². The van der Waals surface area contributed by atoms with E-state index in [-0.39, 0.29) is 24.7 Å². The lowest BCUT2D eigenvalue weighted by Crippen LogP contribution is -2.20. The van der Waals surface area contributed by atoms with Crippen molar-refractivity contribution >= 4 is 11.8 Å². The molecule has 1 heterocycles. The molecule has 0 bridgehead atoms. The minimum atomic E-state index is -1.70. The van der Waals surface area contributed by atoms with Crippen LogP contribution in [0.3, 0.4) is 0 Å². The molecular formula is C11H9FO6. The van der Waals surface area contributed by atoms with Gasteiger partial charge < -0.3 is 19.3 Å². The molecule has 1 aromatic carbocycles. The first-order chi connectivity index (χ1) is 8.56. The highest BCUT2D eigenvalue weighted by Crippen LogP contribution is 2.40. The Morgan fingerprint density at radius 3 is 2.67 bits per heavy atom. The summed E-state index contributed by atoms with van der Waals surface area (Å²) in [5.41, 5.74) is -0.410. The van der Waals surface area contributed by atoms with Crippen LogP contribution in [0, 0.1) is 5.82 Å². The minimum Gasteiger partial charge on any atom is -0.493 e. The zero-order valence-corrected chi connectivity index (χ0v) is 9.36. The van der Waals surface area contributed by atoms with Crippen molar-refractivity contribution < 1.29 is 33.3 Å². The van der Waals surface area contributed by atoms with Gasteiger partial charge in [0.1, 0.15) is 13.2 Å². The second-order valence-corrected chi connectivity index (χ2v) is 3.43. The number of rotatable bonds is 3. The summed E-state index contributed by atoms with van der Waals surface area (Å²) in [6.45, 7) is 0.360. The van der Waals surface area contributed by atoms with Crippen LogP contribution in [-0.2, 0) is 4.79 Å². The fourth-order valence-electron chi connectivity index (χ4n) is 1.61. The Hall–Kier alpha value is -2.31. The van der Waals surface area contributed by atoms with Gasteiger partial charge in [-0.15, -0.1) is 0 Å². The first-order valence-electron chi connectivity index (χ1n) is 5.00. The number of halogens is 1. The summed E-state index contributed by atoms with van der Waals surface area (Å²) >= 11 is 0. The summed E-state index contributed by atoms with van der Waals surface area (Å²) in [6.07, 6.45) is 0. The van der Waals surface area contributed by atoms with Crippen LogP contribution in [0.2, 0.25) is 0 Å². The third-order valence-electron chi connectivity index (χ3n) is 2.37. The molecule has 18 heavy (non-hydrogen) atoms. The van der Waals surface area contributed by atoms with E-state index in [1.807, 2.05) is 0 Å². The number of hydrogen-bond donors (Lipinski definition) is 1. The molecule has 0 saturated heterocycles. The molecule has 0 saturated carbocycles. The highest BCUT2D eigenvalue weighted by Gasteiger charge is 2.29. The third kappa shape index (κ3) is 1.83. The zero-order chi connectivity index (χ0) is 13.3. The molecule has 0 amide bonds. The van der Waals surface area contributed by atoms with Crippen LogP contribution in [0.4, 0.5) is 4.39 Å². The van der Waals surface area contributed by atoms with Crippen molar-refractivity contribution in [1.82, 2.24) is 0 Å². The van der Waals surface area contributed by atoms with E-state index in [9.17, 15) is 14.0 Å². The Labute approximate surface area is 101 Å². The maximum atomic E-state index is 14.0. The summed E-state index contributed by atoms with van der Waals surface area (Å²) in [7, 11) is 1.13. The molecule has 96 valence electrons. The van der Waals surface area contributed by atoms with Gasteiger partial charge >= 0.3 is 5.97 Å². The lowest BCUT2D eigenvalue weighted by Gasteiger charge is -2.20. The smallest absolute Gasteiger partial charge is 0.377 e. The van der Waals surface area contributed by atoms with Gasteiger partial charge in [-0.2, -0.15) is 4.39 Å². The molecule has 0 fully saturated rings. The molecule has 1 aliphatic rings. The molecular weight excluding hydrogens is 247 g/mol. The fraction of sp³-hybridized carbons (Fsp3) is 0.273. The van der Waals surface area contributed by atoms with Crippen LogP contribution >= 0.6 is 0 Å². The van der Waals surface area contributed by atoms with E-state index in [0.717, 1.165) is 13.2 Å². The average molecular weight is 256 g/mol. The number of carbonyl (C=O) groups excluding carboxylic acids is 1. The van der Waals surface area contributed by atoms with E-state index in [2.05, 4.69) is 0 Å². The average Bonchev–Trinajstić information content (AvgIpc) is 2.37. The minimum absolute atomic E-state index is 0.0100. The summed E-state index contributed by atoms with van der Waals surface area (Å²) < 4.78 is 28.8. The van der Waals surface area contributed by atoms with Crippen LogP contribution < -0.4 is 14.2 Å². The van der Waals surface area contributed by atoms with Gasteiger partial charge in [0, 0.05) is 0 Å². The van der Waals surface area contributed by atoms with E-state index in [1.165, 1.54) is 0 Å². The maximum Gasteiger partial charge on any atom is 0.377 e. The quantitative estimate of drug-likeness (QED) is 0.638. The number of ether oxygens (including phenoxy) is 3. The van der Waals surface area contributed by atoms with Gasteiger partial charge in [-0.05, 0) is 6.07 Å². The number of Topliss-reactive ketones (excluding diaryl/α,β-unsaturated/α-hetero) is 1. The highest BCUT2D eigenvalue weighted by molar-refractivity contribution is 6.40. The summed E-state index contributed by atoms with van der Waals surface area (Å²) in [5.74, 6) is -4.58. The van der Waals surface area contributed by atoms with Crippen molar-refractivity contribution in [3.63, 3.8) is 0 Å². The molecule has 0 unspecified atom stereocenters. The Morgan fingerprint density at radius 1 is 1.39 bits per heavy atom. The molecule has 6 nitrogen and oxygen atoms in total. The van der Waals surface area contributed by atoms with E-state index in [4.69, 9.17) is 19.3 Å². The molecule has 2 rings (SSSR count). The number of fused-ring (bicyclic) bond motifs is 1. The van der Waals surface area contributed by atoms with Crippen molar-refractivity contribution in [2.45, 2.75) is 0 Å². The lowest BCUT2D eigenvalue weighted by atomic mass is 10.1. The Balaban J connectivity index is 2.62. The first-order valence-corrected chi connectivity index (χ1v) is 5.00. The molecule has 1 N–H and O–H groups in total. The number of carboxylic acid groups (broad SMARTS) is 1. The third-order valence-corrected chi connectivity index (χ3v) is 2.37. The Bertz CT molecular complexity index is 525. The van der Waals surface area contributed by atoms with Gasteiger partial charge in [0.05, 0.1) is 12.7 Å². The molecule has 0 atom stereocenters. The summed E-state index contributed by atoms with van der Waals surface area (Å²) in [5, 5.41) is 8.65. The van der Waals surface area contributed by atoms with Gasteiger partial charge in [0.25, 0.3) is 5.78 Å². The Morgan fingerprint density at radius 2 is 2.06 bits per heavy atom. The Kier molecular flexibility index (Phi) is 3.05. The van der Waals surface area contributed by atoms with E-state index in [0.29, 0.717) is 0 Å².